The molecule has 0 saturated carbocycles. The Morgan fingerprint density at radius 1 is 0.812 bits per heavy atom. The fraction of sp³-hybridized carbons (Fsp3) is 0.0714. The molecule has 1 aliphatic carbocycles. The summed E-state index contributed by atoms with van der Waals surface area (Å²) in [6.45, 7) is 0. The van der Waals surface area contributed by atoms with Crippen molar-refractivity contribution in [2.45, 2.75) is 12.3 Å². The summed E-state index contributed by atoms with van der Waals surface area (Å²) in [6, 6.07) is 30.7. The summed E-state index contributed by atoms with van der Waals surface area (Å²) >= 11 is 3.53. The second-order valence-electron chi connectivity index (χ2n) is 8.15. The Balaban J connectivity index is 1.60. The molecule has 1 aliphatic rings. The molecule has 0 radical (unpaired) electrons. The lowest BCUT2D eigenvalue weighted by Gasteiger charge is -2.25. The van der Waals surface area contributed by atoms with E-state index in [1.165, 1.54) is 5.56 Å². The zero-order chi connectivity index (χ0) is 21.7. The first kappa shape index (κ1) is 19.2. The van der Waals surface area contributed by atoms with Gasteiger partial charge in [-0.2, -0.15) is 5.10 Å². The number of halogens is 1. The first-order valence-electron chi connectivity index (χ1n) is 10.6. The molecule has 0 aliphatic heterocycles. The molecule has 5 aromatic rings. The van der Waals surface area contributed by atoms with Crippen molar-refractivity contribution in [2.24, 2.45) is 0 Å². The summed E-state index contributed by atoms with van der Waals surface area (Å²) in [5.74, 6) is 0.144. The highest BCUT2D eigenvalue weighted by Gasteiger charge is 2.31. The van der Waals surface area contributed by atoms with Gasteiger partial charge in [0.2, 0.25) is 0 Å². The van der Waals surface area contributed by atoms with Gasteiger partial charge >= 0.3 is 0 Å². The summed E-state index contributed by atoms with van der Waals surface area (Å²) in [4.78, 5) is 13.2. The van der Waals surface area contributed by atoms with Gasteiger partial charge in [-0.05, 0) is 40.6 Å². The Morgan fingerprint density at radius 2 is 1.56 bits per heavy atom. The van der Waals surface area contributed by atoms with Crippen molar-refractivity contribution >= 4 is 32.5 Å². The van der Waals surface area contributed by atoms with Gasteiger partial charge < -0.3 is 0 Å². The molecule has 4 aromatic carbocycles. The predicted molar refractivity (Wildman–Crippen MR) is 131 cm³/mol. The van der Waals surface area contributed by atoms with Crippen LogP contribution in [0.5, 0.6) is 0 Å². The molecule has 1 heterocycles. The van der Waals surface area contributed by atoms with Gasteiger partial charge in [0.05, 0.1) is 11.4 Å². The van der Waals surface area contributed by atoms with Crippen LogP contribution in [0.2, 0.25) is 0 Å². The number of para-hydroxylation sites is 1. The molecule has 1 atom stereocenters. The highest BCUT2D eigenvalue weighted by Crippen LogP contribution is 2.43. The minimum atomic E-state index is -0.0443. The maximum atomic E-state index is 13.2. The maximum absolute atomic E-state index is 13.2. The normalized spacial score (nSPS) is 15.3. The van der Waals surface area contributed by atoms with Crippen molar-refractivity contribution < 1.29 is 4.79 Å². The van der Waals surface area contributed by atoms with Gasteiger partial charge in [-0.15, -0.1) is 0 Å². The van der Waals surface area contributed by atoms with Crippen LogP contribution in [0.25, 0.3) is 27.7 Å². The van der Waals surface area contributed by atoms with Crippen molar-refractivity contribution in [1.29, 1.82) is 0 Å². The number of rotatable bonds is 3. The van der Waals surface area contributed by atoms with Gasteiger partial charge in [0.1, 0.15) is 0 Å². The zero-order valence-electron chi connectivity index (χ0n) is 17.2. The molecule has 3 nitrogen and oxygen atoms in total. The molecule has 4 heteroatoms. The number of benzene rings is 4. The first-order chi connectivity index (χ1) is 15.7. The topological polar surface area (TPSA) is 34.9 Å². The lowest BCUT2D eigenvalue weighted by atomic mass is 9.77. The van der Waals surface area contributed by atoms with Gasteiger partial charge in [-0.25, -0.2) is 4.68 Å². The SMILES string of the molecule is O=C1C[C@H](c2cn(-c3ccccc3)nc2-c2ccc(Br)cc2)c2cccc3cccc1c23. The van der Waals surface area contributed by atoms with Crippen molar-refractivity contribution in [2.75, 3.05) is 0 Å². The molecule has 1 aromatic heterocycles. The summed E-state index contributed by atoms with van der Waals surface area (Å²) < 4.78 is 2.95. The predicted octanol–water partition coefficient (Wildman–Crippen LogP) is 7.17. The van der Waals surface area contributed by atoms with E-state index in [0.717, 1.165) is 43.3 Å². The number of nitrogens with zero attached hydrogens (tertiary/aromatic N) is 2. The molecule has 0 saturated heterocycles. The van der Waals surface area contributed by atoms with Gasteiger partial charge in [-0.3, -0.25) is 4.79 Å². The molecule has 0 unspecified atom stereocenters. The van der Waals surface area contributed by atoms with E-state index in [1.807, 2.05) is 59.3 Å². The minimum Gasteiger partial charge on any atom is -0.294 e. The van der Waals surface area contributed by atoms with E-state index in [9.17, 15) is 4.79 Å². The fourth-order valence-corrected chi connectivity index (χ4v) is 5.03. The smallest absolute Gasteiger partial charge is 0.164 e. The van der Waals surface area contributed by atoms with E-state index < -0.39 is 0 Å². The largest absolute Gasteiger partial charge is 0.294 e. The lowest BCUT2D eigenvalue weighted by Crippen LogP contribution is -2.16. The maximum Gasteiger partial charge on any atom is 0.164 e. The van der Waals surface area contributed by atoms with Crippen LogP contribution in [-0.2, 0) is 0 Å². The fourth-order valence-electron chi connectivity index (χ4n) is 4.76. The number of hydrogen-bond acceptors (Lipinski definition) is 2. The number of Topliss-reactive ketones (excluding diaryl/α,β-unsaturated/α-hetero) is 1. The lowest BCUT2D eigenvalue weighted by molar-refractivity contribution is 0.0976. The summed E-state index contributed by atoms with van der Waals surface area (Å²) in [7, 11) is 0. The van der Waals surface area contributed by atoms with Crippen molar-refractivity contribution in [3.8, 4) is 16.9 Å². The van der Waals surface area contributed by atoms with Gasteiger partial charge in [0.25, 0.3) is 0 Å². The summed E-state index contributed by atoms with van der Waals surface area (Å²) in [5, 5.41) is 7.17. The molecule has 0 fully saturated rings. The Bertz CT molecular complexity index is 1460. The summed E-state index contributed by atoms with van der Waals surface area (Å²) in [6.07, 6.45) is 2.54. The second kappa shape index (κ2) is 7.57. The van der Waals surface area contributed by atoms with E-state index in [4.69, 9.17) is 5.10 Å². The number of ketones is 1. The average Bonchev–Trinajstić information content (AvgIpc) is 3.28. The molecule has 0 N–H and O–H groups in total. The van der Waals surface area contributed by atoms with Crippen LogP contribution < -0.4 is 0 Å². The molecular weight excluding hydrogens is 460 g/mol. The zero-order valence-corrected chi connectivity index (χ0v) is 18.8. The van der Waals surface area contributed by atoms with Crippen LogP contribution in [-0.4, -0.2) is 15.6 Å². The van der Waals surface area contributed by atoms with Gasteiger partial charge in [0, 0.05) is 39.7 Å². The van der Waals surface area contributed by atoms with E-state index in [-0.39, 0.29) is 11.7 Å². The molecule has 6 rings (SSSR count). The third-order valence-corrected chi connectivity index (χ3v) is 6.79. The Kier molecular flexibility index (Phi) is 4.54. The summed E-state index contributed by atoms with van der Waals surface area (Å²) in [5.41, 5.74) is 6.05. The van der Waals surface area contributed by atoms with Crippen LogP contribution in [0.1, 0.15) is 33.8 Å². The van der Waals surface area contributed by atoms with Crippen LogP contribution in [0.3, 0.4) is 0 Å². The van der Waals surface area contributed by atoms with Crippen LogP contribution >= 0.6 is 15.9 Å². The van der Waals surface area contributed by atoms with Crippen LogP contribution in [0.15, 0.2) is 102 Å². The van der Waals surface area contributed by atoms with Gasteiger partial charge in [0.15, 0.2) is 5.78 Å². The third kappa shape index (κ3) is 3.10. The Morgan fingerprint density at radius 3 is 2.34 bits per heavy atom. The van der Waals surface area contributed by atoms with E-state index in [2.05, 4.69) is 58.5 Å². The molecule has 0 amide bonds. The number of hydrogen-bond donors (Lipinski definition) is 0. The van der Waals surface area contributed by atoms with E-state index in [1.54, 1.807) is 0 Å². The van der Waals surface area contributed by atoms with E-state index >= 15 is 0 Å². The average molecular weight is 479 g/mol. The number of aromatic nitrogens is 2. The Labute approximate surface area is 194 Å². The molecule has 0 spiro atoms. The van der Waals surface area contributed by atoms with Crippen LogP contribution in [0, 0.1) is 0 Å². The molecule has 154 valence electrons. The quantitative estimate of drug-likeness (QED) is 0.275. The molecular formula is C28H19BrN2O. The number of carbonyl (C=O) groups is 1. The Hall–Kier alpha value is -3.50. The molecule has 0 bridgehead atoms. The monoisotopic (exact) mass is 478 g/mol. The third-order valence-electron chi connectivity index (χ3n) is 6.26. The number of carbonyl (C=O) groups excluding carboxylic acids is 1. The van der Waals surface area contributed by atoms with Crippen molar-refractivity contribution in [1.82, 2.24) is 9.78 Å². The van der Waals surface area contributed by atoms with Crippen molar-refractivity contribution in [3.63, 3.8) is 0 Å². The van der Waals surface area contributed by atoms with E-state index in [0.29, 0.717) is 6.42 Å². The molecule has 32 heavy (non-hydrogen) atoms. The van der Waals surface area contributed by atoms with Crippen molar-refractivity contribution in [3.05, 3.63) is 118 Å². The minimum absolute atomic E-state index is 0.0443. The van der Waals surface area contributed by atoms with Crippen LogP contribution in [0.4, 0.5) is 0 Å². The standard InChI is InChI=1S/C28H19BrN2O/c29-20-14-12-19(13-15-20)28-25(17-31(30-28)21-8-2-1-3-9-21)24-16-26(32)23-11-5-7-18-6-4-10-22(24)27(18)23/h1-15,17,24H,16H2/t24-/m0/s1. The second-order valence-corrected chi connectivity index (χ2v) is 9.07. The first-order valence-corrected chi connectivity index (χ1v) is 11.4. The van der Waals surface area contributed by atoms with Gasteiger partial charge in [-0.1, -0.05) is 82.7 Å². The highest BCUT2D eigenvalue weighted by atomic mass is 79.9. The highest BCUT2D eigenvalue weighted by molar-refractivity contribution is 9.10.